The molecule has 1 N–H and O–H groups in total. The minimum absolute atomic E-state index is 0.0265. The second-order valence-electron chi connectivity index (χ2n) is 5.43. The van der Waals surface area contributed by atoms with Gasteiger partial charge in [-0.05, 0) is 30.3 Å². The van der Waals surface area contributed by atoms with Gasteiger partial charge in [0.1, 0.15) is 24.8 Å². The Morgan fingerprint density at radius 2 is 1.85 bits per heavy atom. The number of ether oxygens (including phenoxy) is 3. The van der Waals surface area contributed by atoms with E-state index in [1.807, 2.05) is 0 Å². The summed E-state index contributed by atoms with van der Waals surface area (Å²) in [4.78, 5) is 24.3. The van der Waals surface area contributed by atoms with E-state index in [2.05, 4.69) is 5.32 Å². The zero-order chi connectivity index (χ0) is 19.2. The number of rotatable bonds is 6. The summed E-state index contributed by atoms with van der Waals surface area (Å²) < 4.78 is 42.2. The largest absolute Gasteiger partial charge is 0.486 e. The first kappa shape index (κ1) is 19.0. The van der Waals surface area contributed by atoms with Crippen molar-refractivity contribution in [2.24, 2.45) is 0 Å². The van der Waals surface area contributed by atoms with Crippen LogP contribution in [0.1, 0.15) is 0 Å². The number of fused-ring (bicyclic) bond motifs is 1. The van der Waals surface area contributed by atoms with Gasteiger partial charge in [-0.15, -0.1) is 11.8 Å². The normalized spacial score (nSPS) is 12.4. The number of hydrogen-bond donors (Lipinski definition) is 1. The van der Waals surface area contributed by atoms with Crippen LogP contribution in [0.3, 0.4) is 0 Å². The number of amides is 1. The van der Waals surface area contributed by atoms with E-state index in [0.717, 1.165) is 23.1 Å². The third-order valence-electron chi connectivity index (χ3n) is 3.44. The van der Waals surface area contributed by atoms with E-state index in [9.17, 15) is 18.4 Å². The van der Waals surface area contributed by atoms with Crippen molar-refractivity contribution in [2.45, 2.75) is 4.90 Å². The molecule has 1 aliphatic rings. The molecule has 0 bridgehead atoms. The Labute approximate surface area is 157 Å². The quantitative estimate of drug-likeness (QED) is 0.599. The van der Waals surface area contributed by atoms with Gasteiger partial charge < -0.3 is 19.5 Å². The van der Waals surface area contributed by atoms with Crippen LogP contribution in [0.4, 0.5) is 14.5 Å². The van der Waals surface area contributed by atoms with E-state index in [4.69, 9.17) is 14.2 Å². The van der Waals surface area contributed by atoms with Crippen LogP contribution in [0.5, 0.6) is 11.5 Å². The second kappa shape index (κ2) is 8.72. The summed E-state index contributed by atoms with van der Waals surface area (Å²) in [5.41, 5.74) is -0.318. The first-order valence-electron chi connectivity index (χ1n) is 7.94. The molecular weight excluding hydrogens is 380 g/mol. The minimum atomic E-state index is -0.787. The number of carbonyl (C=O) groups excluding carboxylic acids is 2. The molecule has 0 atom stereocenters. The van der Waals surface area contributed by atoms with Crippen molar-refractivity contribution in [3.05, 3.63) is 48.0 Å². The summed E-state index contributed by atoms with van der Waals surface area (Å²) in [6.45, 7) is 0.355. The van der Waals surface area contributed by atoms with Crippen LogP contribution in [0, 0.1) is 11.6 Å². The van der Waals surface area contributed by atoms with E-state index >= 15 is 0 Å². The summed E-state index contributed by atoms with van der Waals surface area (Å²) in [6, 6.07) is 7.95. The fourth-order valence-corrected chi connectivity index (χ4v) is 2.95. The van der Waals surface area contributed by atoms with Crippen molar-refractivity contribution in [1.82, 2.24) is 0 Å². The van der Waals surface area contributed by atoms with Gasteiger partial charge in [0, 0.05) is 11.0 Å². The van der Waals surface area contributed by atoms with Crippen LogP contribution in [-0.2, 0) is 14.3 Å². The predicted molar refractivity (Wildman–Crippen MR) is 94.1 cm³/mol. The number of anilines is 1. The number of hydrogen-bond acceptors (Lipinski definition) is 6. The maximum Gasteiger partial charge on any atom is 0.316 e. The molecule has 0 unspecified atom stereocenters. The van der Waals surface area contributed by atoms with Gasteiger partial charge in [-0.1, -0.05) is 0 Å². The van der Waals surface area contributed by atoms with Gasteiger partial charge in [0.05, 0.1) is 11.4 Å². The van der Waals surface area contributed by atoms with Gasteiger partial charge in [-0.2, -0.15) is 0 Å². The molecule has 2 aromatic rings. The molecule has 6 nitrogen and oxygen atoms in total. The predicted octanol–water partition coefficient (Wildman–Crippen LogP) is 3.01. The van der Waals surface area contributed by atoms with Gasteiger partial charge in [0.15, 0.2) is 18.1 Å². The van der Waals surface area contributed by atoms with Crippen molar-refractivity contribution >= 4 is 29.3 Å². The molecule has 3 rings (SSSR count). The zero-order valence-corrected chi connectivity index (χ0v) is 14.8. The van der Waals surface area contributed by atoms with E-state index in [1.54, 1.807) is 18.2 Å². The maximum absolute atomic E-state index is 13.4. The van der Waals surface area contributed by atoms with Crippen molar-refractivity contribution in [1.29, 1.82) is 0 Å². The lowest BCUT2D eigenvalue weighted by Gasteiger charge is -2.18. The van der Waals surface area contributed by atoms with Gasteiger partial charge in [0.2, 0.25) is 0 Å². The van der Waals surface area contributed by atoms with E-state index in [-0.39, 0.29) is 11.4 Å². The summed E-state index contributed by atoms with van der Waals surface area (Å²) in [5.74, 6) is -1.64. The molecule has 0 aliphatic carbocycles. The Kier molecular flexibility index (Phi) is 6.12. The Morgan fingerprint density at radius 1 is 1.07 bits per heavy atom. The second-order valence-corrected chi connectivity index (χ2v) is 6.48. The van der Waals surface area contributed by atoms with Crippen molar-refractivity contribution in [2.75, 3.05) is 30.9 Å². The Morgan fingerprint density at radius 3 is 2.67 bits per heavy atom. The fraction of sp³-hybridized carbons (Fsp3) is 0.222. The highest BCUT2D eigenvalue weighted by Crippen LogP contribution is 2.34. The molecule has 0 fully saturated rings. The third kappa shape index (κ3) is 5.33. The summed E-state index contributed by atoms with van der Waals surface area (Å²) in [6.07, 6.45) is 0. The number of carbonyl (C=O) groups is 2. The highest BCUT2D eigenvalue weighted by molar-refractivity contribution is 8.00. The third-order valence-corrected chi connectivity index (χ3v) is 4.40. The lowest BCUT2D eigenvalue weighted by Crippen LogP contribution is -2.22. The van der Waals surface area contributed by atoms with Gasteiger partial charge in [0.25, 0.3) is 5.91 Å². The SMILES string of the molecule is O=C(COC(=O)CSc1ccc2c(c1)OCCO2)Nc1cc(F)ccc1F. The van der Waals surface area contributed by atoms with E-state index in [1.165, 1.54) is 11.8 Å². The summed E-state index contributed by atoms with van der Waals surface area (Å²) in [5, 5.41) is 2.15. The van der Waals surface area contributed by atoms with E-state index < -0.39 is 30.1 Å². The Balaban J connectivity index is 1.44. The van der Waals surface area contributed by atoms with Gasteiger partial charge in [-0.3, -0.25) is 9.59 Å². The summed E-state index contributed by atoms with van der Waals surface area (Å²) >= 11 is 1.21. The lowest BCUT2D eigenvalue weighted by molar-refractivity contribution is -0.144. The van der Waals surface area contributed by atoms with Gasteiger partial charge in [-0.25, -0.2) is 8.78 Å². The smallest absolute Gasteiger partial charge is 0.316 e. The number of thioether (sulfide) groups is 1. The average Bonchev–Trinajstić information content (AvgIpc) is 2.67. The molecule has 1 amide bonds. The van der Waals surface area contributed by atoms with Crippen LogP contribution in [-0.4, -0.2) is 37.4 Å². The van der Waals surface area contributed by atoms with Gasteiger partial charge >= 0.3 is 5.97 Å². The maximum atomic E-state index is 13.4. The number of nitrogens with one attached hydrogen (secondary N) is 1. The standard InChI is InChI=1S/C18H15F2NO5S/c19-11-1-3-13(20)14(7-11)21-17(22)9-26-18(23)10-27-12-2-4-15-16(8-12)25-6-5-24-15/h1-4,7-8H,5-6,9-10H2,(H,21,22). The van der Waals surface area contributed by atoms with Crippen molar-refractivity contribution in [3.63, 3.8) is 0 Å². The molecule has 0 saturated heterocycles. The molecule has 9 heteroatoms. The highest BCUT2D eigenvalue weighted by atomic mass is 32.2. The molecule has 0 saturated carbocycles. The average molecular weight is 395 g/mol. The molecule has 2 aromatic carbocycles. The number of halogens is 2. The first-order chi connectivity index (χ1) is 13.0. The van der Waals surface area contributed by atoms with Crippen LogP contribution in [0.15, 0.2) is 41.3 Å². The van der Waals surface area contributed by atoms with Crippen LogP contribution >= 0.6 is 11.8 Å². The number of benzene rings is 2. The monoisotopic (exact) mass is 395 g/mol. The molecule has 27 heavy (non-hydrogen) atoms. The molecule has 1 aliphatic heterocycles. The molecule has 0 radical (unpaired) electrons. The summed E-state index contributed by atoms with van der Waals surface area (Å²) in [7, 11) is 0. The van der Waals surface area contributed by atoms with Crippen LogP contribution in [0.25, 0.3) is 0 Å². The molecule has 1 heterocycles. The van der Waals surface area contributed by atoms with Crippen molar-refractivity contribution in [3.8, 4) is 11.5 Å². The Hall–Kier alpha value is -2.81. The number of esters is 1. The minimum Gasteiger partial charge on any atom is -0.486 e. The molecular formula is C18H15F2NO5S. The van der Waals surface area contributed by atoms with Crippen LogP contribution < -0.4 is 14.8 Å². The van der Waals surface area contributed by atoms with E-state index in [0.29, 0.717) is 24.7 Å². The lowest BCUT2D eigenvalue weighted by atomic mass is 10.3. The Bertz CT molecular complexity index is 862. The highest BCUT2D eigenvalue weighted by Gasteiger charge is 2.14. The van der Waals surface area contributed by atoms with Crippen LogP contribution in [0.2, 0.25) is 0 Å². The molecule has 0 aromatic heterocycles. The fourth-order valence-electron chi connectivity index (χ4n) is 2.22. The topological polar surface area (TPSA) is 73.9 Å². The first-order valence-corrected chi connectivity index (χ1v) is 8.93. The zero-order valence-electron chi connectivity index (χ0n) is 14.0. The molecule has 142 valence electrons. The molecule has 0 spiro atoms. The van der Waals surface area contributed by atoms with Crippen molar-refractivity contribution < 1.29 is 32.6 Å².